The van der Waals surface area contributed by atoms with Crippen molar-refractivity contribution in [2.45, 2.75) is 24.8 Å². The fourth-order valence-corrected chi connectivity index (χ4v) is 4.08. The number of sulfonamides is 1. The first kappa shape index (κ1) is 23.7. The van der Waals surface area contributed by atoms with Gasteiger partial charge in [-0.1, -0.05) is 12.1 Å². The molecule has 0 saturated heterocycles. The number of nitriles is 1. The molecule has 2 rings (SSSR count). The van der Waals surface area contributed by atoms with E-state index < -0.39 is 38.7 Å². The smallest absolute Gasteiger partial charge is 0.318 e. The molecular weight excluding hydrogens is 426 g/mol. The molecular formula is C20H19N3O7S. The van der Waals surface area contributed by atoms with E-state index in [9.17, 15) is 28.1 Å². The summed E-state index contributed by atoms with van der Waals surface area (Å²) in [6.45, 7) is 2.67. The first-order chi connectivity index (χ1) is 14.6. The van der Waals surface area contributed by atoms with Gasteiger partial charge in [0.2, 0.25) is 10.0 Å². The SMILES string of the molecule is CCOC(=O)C(C(C)=O)C(NS(=O)(=O)c1ccc([N+](=O)[O-])cc1)c1ccc(C#N)cc1. The Bertz CT molecular complexity index is 1120. The third kappa shape index (κ3) is 5.71. The first-order valence-corrected chi connectivity index (χ1v) is 10.5. The number of non-ortho nitro benzene ring substituents is 1. The Labute approximate surface area is 178 Å². The summed E-state index contributed by atoms with van der Waals surface area (Å²) in [7, 11) is -4.29. The van der Waals surface area contributed by atoms with Gasteiger partial charge in [-0.2, -0.15) is 5.26 Å². The van der Waals surface area contributed by atoms with Gasteiger partial charge in [0.15, 0.2) is 0 Å². The van der Waals surface area contributed by atoms with Crippen molar-refractivity contribution in [1.29, 1.82) is 5.26 Å². The van der Waals surface area contributed by atoms with Gasteiger partial charge >= 0.3 is 5.97 Å². The second-order valence-corrected chi connectivity index (χ2v) is 8.14. The van der Waals surface area contributed by atoms with Crippen molar-refractivity contribution in [3.8, 4) is 6.07 Å². The van der Waals surface area contributed by atoms with Crippen LogP contribution in [0.5, 0.6) is 0 Å². The van der Waals surface area contributed by atoms with Crippen LogP contribution in [0, 0.1) is 27.4 Å². The van der Waals surface area contributed by atoms with Crippen molar-refractivity contribution in [3.05, 3.63) is 69.8 Å². The molecule has 162 valence electrons. The largest absolute Gasteiger partial charge is 0.465 e. The van der Waals surface area contributed by atoms with E-state index in [1.54, 1.807) is 6.92 Å². The number of carbonyl (C=O) groups excluding carboxylic acids is 2. The normalized spacial score (nSPS) is 12.9. The molecule has 0 fully saturated rings. The number of ketones is 1. The van der Waals surface area contributed by atoms with E-state index >= 15 is 0 Å². The van der Waals surface area contributed by atoms with E-state index in [4.69, 9.17) is 10.00 Å². The Hall–Kier alpha value is -3.62. The average Bonchev–Trinajstić information content (AvgIpc) is 2.73. The number of nitro benzene ring substituents is 1. The van der Waals surface area contributed by atoms with Gasteiger partial charge in [0.05, 0.1) is 34.1 Å². The van der Waals surface area contributed by atoms with Crippen LogP contribution in [0.2, 0.25) is 0 Å². The molecule has 10 nitrogen and oxygen atoms in total. The highest BCUT2D eigenvalue weighted by atomic mass is 32.2. The van der Waals surface area contributed by atoms with Crippen LogP contribution in [-0.2, 0) is 24.3 Å². The topological polar surface area (TPSA) is 156 Å². The molecule has 11 heteroatoms. The standard InChI is InChI=1S/C20H19N3O7S/c1-3-30-20(25)18(13(2)24)19(15-6-4-14(12-21)5-7-15)22-31(28,29)17-10-8-16(9-11-17)23(26)27/h4-11,18-19,22H,3H2,1-2H3. The molecule has 0 heterocycles. The molecule has 0 aliphatic carbocycles. The van der Waals surface area contributed by atoms with Gasteiger partial charge in [0.25, 0.3) is 5.69 Å². The van der Waals surface area contributed by atoms with Crippen molar-refractivity contribution in [1.82, 2.24) is 4.72 Å². The Morgan fingerprint density at radius 2 is 1.74 bits per heavy atom. The van der Waals surface area contributed by atoms with Crippen LogP contribution in [0.25, 0.3) is 0 Å². The molecule has 0 aliphatic heterocycles. The van der Waals surface area contributed by atoms with Gasteiger partial charge < -0.3 is 4.74 Å². The number of Topliss-reactive ketones (excluding diaryl/α,β-unsaturated/α-hetero) is 1. The summed E-state index contributed by atoms with van der Waals surface area (Å²) in [5, 5.41) is 19.8. The number of esters is 1. The number of nitro groups is 1. The second kappa shape index (κ2) is 9.92. The van der Waals surface area contributed by atoms with Crippen LogP contribution >= 0.6 is 0 Å². The van der Waals surface area contributed by atoms with E-state index in [1.165, 1.54) is 24.3 Å². The fraction of sp³-hybridized carbons (Fsp3) is 0.250. The number of hydrogen-bond acceptors (Lipinski definition) is 8. The van der Waals surface area contributed by atoms with Crippen LogP contribution in [0.4, 0.5) is 5.69 Å². The van der Waals surface area contributed by atoms with E-state index in [0.717, 1.165) is 31.2 Å². The molecule has 0 aromatic heterocycles. The molecule has 0 aliphatic rings. The number of benzene rings is 2. The third-order valence-electron chi connectivity index (χ3n) is 4.35. The lowest BCUT2D eigenvalue weighted by Crippen LogP contribution is -2.40. The van der Waals surface area contributed by atoms with Gasteiger partial charge in [0, 0.05) is 12.1 Å². The number of nitrogens with zero attached hydrogens (tertiary/aromatic N) is 2. The summed E-state index contributed by atoms with van der Waals surface area (Å²) >= 11 is 0. The van der Waals surface area contributed by atoms with E-state index in [1.807, 2.05) is 6.07 Å². The van der Waals surface area contributed by atoms with Crippen molar-refractivity contribution >= 4 is 27.5 Å². The minimum absolute atomic E-state index is 0.0161. The lowest BCUT2D eigenvalue weighted by atomic mass is 9.90. The highest BCUT2D eigenvalue weighted by Gasteiger charge is 2.37. The summed E-state index contributed by atoms with van der Waals surface area (Å²) in [6, 6.07) is 10.4. The minimum atomic E-state index is -4.29. The molecule has 2 aromatic carbocycles. The lowest BCUT2D eigenvalue weighted by molar-refractivity contribution is -0.384. The van der Waals surface area contributed by atoms with Crippen LogP contribution in [-0.4, -0.2) is 31.7 Å². The number of hydrogen-bond donors (Lipinski definition) is 1. The highest BCUT2D eigenvalue weighted by Crippen LogP contribution is 2.28. The molecule has 2 atom stereocenters. The summed E-state index contributed by atoms with van der Waals surface area (Å²) in [6.07, 6.45) is 0. The highest BCUT2D eigenvalue weighted by molar-refractivity contribution is 7.89. The maximum atomic E-state index is 12.9. The molecule has 0 bridgehead atoms. The first-order valence-electron chi connectivity index (χ1n) is 9.04. The average molecular weight is 445 g/mol. The number of carbonyl (C=O) groups is 2. The Kier molecular flexibility index (Phi) is 7.57. The Balaban J connectivity index is 2.52. The molecule has 31 heavy (non-hydrogen) atoms. The summed E-state index contributed by atoms with van der Waals surface area (Å²) in [5.74, 6) is -3.02. The fourth-order valence-electron chi connectivity index (χ4n) is 2.84. The predicted molar refractivity (Wildman–Crippen MR) is 108 cm³/mol. The summed E-state index contributed by atoms with van der Waals surface area (Å²) in [5.41, 5.74) is 0.268. The van der Waals surface area contributed by atoms with Crippen LogP contribution in [0.3, 0.4) is 0 Å². The number of rotatable bonds is 9. The second-order valence-electron chi connectivity index (χ2n) is 6.42. The van der Waals surface area contributed by atoms with E-state index in [-0.39, 0.29) is 22.8 Å². The zero-order valence-electron chi connectivity index (χ0n) is 16.6. The summed E-state index contributed by atoms with van der Waals surface area (Å²) < 4.78 is 33.1. The van der Waals surface area contributed by atoms with Crippen molar-refractivity contribution < 1.29 is 27.7 Å². The molecule has 1 N–H and O–H groups in total. The Morgan fingerprint density at radius 1 is 1.16 bits per heavy atom. The molecule has 0 spiro atoms. The van der Waals surface area contributed by atoms with Crippen molar-refractivity contribution in [2.75, 3.05) is 6.61 Å². The Morgan fingerprint density at radius 3 is 2.19 bits per heavy atom. The van der Waals surface area contributed by atoms with Gasteiger partial charge in [-0.05, 0) is 43.7 Å². The van der Waals surface area contributed by atoms with E-state index in [0.29, 0.717) is 5.56 Å². The maximum absolute atomic E-state index is 12.9. The van der Waals surface area contributed by atoms with E-state index in [2.05, 4.69) is 4.72 Å². The zero-order valence-corrected chi connectivity index (χ0v) is 17.5. The molecule has 2 unspecified atom stereocenters. The van der Waals surface area contributed by atoms with Crippen molar-refractivity contribution in [3.63, 3.8) is 0 Å². The van der Waals surface area contributed by atoms with Crippen LogP contribution < -0.4 is 4.72 Å². The number of ether oxygens (including phenoxy) is 1. The van der Waals surface area contributed by atoms with Gasteiger partial charge in [-0.3, -0.25) is 19.7 Å². The van der Waals surface area contributed by atoms with Crippen LogP contribution in [0.15, 0.2) is 53.4 Å². The molecule has 0 saturated carbocycles. The monoisotopic (exact) mass is 445 g/mol. The molecule has 2 aromatic rings. The third-order valence-corrected chi connectivity index (χ3v) is 5.81. The predicted octanol–water partition coefficient (Wildman–Crippen LogP) is 2.25. The maximum Gasteiger partial charge on any atom is 0.318 e. The lowest BCUT2D eigenvalue weighted by Gasteiger charge is -2.25. The van der Waals surface area contributed by atoms with Gasteiger partial charge in [-0.15, -0.1) is 0 Å². The van der Waals surface area contributed by atoms with Gasteiger partial charge in [-0.25, -0.2) is 13.1 Å². The molecule has 0 amide bonds. The quantitative estimate of drug-likeness (QED) is 0.266. The zero-order chi connectivity index (χ0) is 23.2. The molecule has 0 radical (unpaired) electrons. The minimum Gasteiger partial charge on any atom is -0.465 e. The number of nitrogens with one attached hydrogen (secondary N) is 1. The van der Waals surface area contributed by atoms with Gasteiger partial charge in [0.1, 0.15) is 11.7 Å². The van der Waals surface area contributed by atoms with Crippen molar-refractivity contribution in [2.24, 2.45) is 5.92 Å². The van der Waals surface area contributed by atoms with Crippen LogP contribution in [0.1, 0.15) is 31.0 Å². The summed E-state index contributed by atoms with van der Waals surface area (Å²) in [4.78, 5) is 34.6.